The highest BCUT2D eigenvalue weighted by atomic mass is 16.3. The number of benzene rings is 1. The van der Waals surface area contributed by atoms with E-state index in [4.69, 9.17) is 4.42 Å². The van der Waals surface area contributed by atoms with Crippen LogP contribution in [-0.2, 0) is 30.5 Å². The smallest absolute Gasteiger partial charge is 0.256 e. The number of carbonyl (C=O) groups is 1. The van der Waals surface area contributed by atoms with Crippen molar-refractivity contribution in [3.05, 3.63) is 52.0 Å². The minimum atomic E-state index is -0.0327. The van der Waals surface area contributed by atoms with Gasteiger partial charge < -0.3 is 9.73 Å². The molecule has 0 fully saturated rings. The molecule has 0 unspecified atom stereocenters. The maximum Gasteiger partial charge on any atom is 0.256 e. The lowest BCUT2D eigenvalue weighted by Gasteiger charge is -2.09. The van der Waals surface area contributed by atoms with Gasteiger partial charge in [-0.15, -0.1) is 0 Å². The van der Waals surface area contributed by atoms with Crippen molar-refractivity contribution in [2.45, 2.75) is 52.4 Å². The molecule has 0 spiro atoms. The van der Waals surface area contributed by atoms with Crippen LogP contribution in [-0.4, -0.2) is 5.91 Å². The van der Waals surface area contributed by atoms with E-state index in [-0.39, 0.29) is 5.91 Å². The van der Waals surface area contributed by atoms with E-state index in [1.54, 1.807) is 0 Å². The first-order chi connectivity index (χ1) is 11.7. The Bertz CT molecular complexity index is 842. The minimum absolute atomic E-state index is 0.0327. The molecule has 2 aromatic rings. The number of rotatable bonds is 3. The molecule has 0 bridgehead atoms. The number of carbonyl (C=O) groups excluding carboxylic acids is 1. The molecule has 0 radical (unpaired) electrons. The van der Waals surface area contributed by atoms with Gasteiger partial charge in [-0.1, -0.05) is 19.9 Å². The molecule has 1 amide bonds. The van der Waals surface area contributed by atoms with Crippen LogP contribution in [0.5, 0.6) is 0 Å². The summed E-state index contributed by atoms with van der Waals surface area (Å²) < 4.78 is 6.15. The minimum Gasteiger partial charge on any atom is -0.461 e. The van der Waals surface area contributed by atoms with Crippen LogP contribution in [0.3, 0.4) is 0 Å². The van der Waals surface area contributed by atoms with Gasteiger partial charge >= 0.3 is 0 Å². The fourth-order valence-electron chi connectivity index (χ4n) is 3.89. The summed E-state index contributed by atoms with van der Waals surface area (Å²) in [5.41, 5.74) is 6.53. The van der Waals surface area contributed by atoms with Gasteiger partial charge in [0, 0.05) is 23.2 Å². The van der Waals surface area contributed by atoms with E-state index in [0.29, 0.717) is 0 Å². The molecule has 24 heavy (non-hydrogen) atoms. The molecular weight excluding hydrogens is 298 g/mol. The Morgan fingerprint density at radius 2 is 2.00 bits per heavy atom. The number of anilines is 1. The van der Waals surface area contributed by atoms with Crippen molar-refractivity contribution in [1.82, 2.24) is 0 Å². The predicted molar refractivity (Wildman–Crippen MR) is 97.0 cm³/mol. The van der Waals surface area contributed by atoms with Gasteiger partial charge in [-0.2, -0.15) is 0 Å². The normalized spacial score (nSPS) is 17.8. The lowest BCUT2D eigenvalue weighted by atomic mass is 9.93. The second-order valence-corrected chi connectivity index (χ2v) is 6.65. The summed E-state index contributed by atoms with van der Waals surface area (Å²) in [6.45, 7) is 4.30. The van der Waals surface area contributed by atoms with E-state index in [2.05, 4.69) is 31.3 Å². The van der Waals surface area contributed by atoms with E-state index >= 15 is 0 Å². The maximum absolute atomic E-state index is 12.5. The summed E-state index contributed by atoms with van der Waals surface area (Å²) in [5.74, 6) is 1.98. The van der Waals surface area contributed by atoms with Crippen LogP contribution in [0.1, 0.15) is 60.5 Å². The third-order valence-electron chi connectivity index (χ3n) is 5.22. The quantitative estimate of drug-likeness (QED) is 0.827. The van der Waals surface area contributed by atoms with E-state index in [1.807, 2.05) is 12.1 Å². The first-order valence-corrected chi connectivity index (χ1v) is 9.01. The van der Waals surface area contributed by atoms with E-state index < -0.39 is 0 Å². The Morgan fingerprint density at radius 3 is 2.79 bits per heavy atom. The van der Waals surface area contributed by atoms with Crippen molar-refractivity contribution in [1.29, 1.82) is 0 Å². The molecule has 1 aliphatic heterocycles. The number of nitrogens with one attached hydrogen (secondary N) is 1. The zero-order chi connectivity index (χ0) is 16.7. The molecule has 1 N–H and O–H groups in total. The monoisotopic (exact) mass is 321 g/mol. The summed E-state index contributed by atoms with van der Waals surface area (Å²) in [5, 5.41) is 2.97. The molecular formula is C21H23NO2. The van der Waals surface area contributed by atoms with Crippen molar-refractivity contribution in [3.8, 4) is 0 Å². The van der Waals surface area contributed by atoms with E-state index in [0.717, 1.165) is 54.0 Å². The van der Waals surface area contributed by atoms with Crippen LogP contribution in [0.2, 0.25) is 0 Å². The zero-order valence-corrected chi connectivity index (χ0v) is 14.4. The second kappa shape index (κ2) is 5.97. The largest absolute Gasteiger partial charge is 0.461 e. The summed E-state index contributed by atoms with van der Waals surface area (Å²) >= 11 is 0. The summed E-state index contributed by atoms with van der Waals surface area (Å²) in [7, 11) is 0. The Morgan fingerprint density at radius 1 is 1.17 bits per heavy atom. The molecule has 3 nitrogen and oxygen atoms in total. The van der Waals surface area contributed by atoms with Crippen molar-refractivity contribution in [3.63, 3.8) is 0 Å². The first-order valence-electron chi connectivity index (χ1n) is 9.01. The highest BCUT2D eigenvalue weighted by Crippen LogP contribution is 2.37. The highest BCUT2D eigenvalue weighted by molar-refractivity contribution is 6.34. The Labute approximate surface area is 142 Å². The van der Waals surface area contributed by atoms with Crippen molar-refractivity contribution < 1.29 is 9.21 Å². The van der Waals surface area contributed by atoms with Gasteiger partial charge in [0.15, 0.2) is 0 Å². The Hall–Kier alpha value is -2.29. The number of hydrogen-bond donors (Lipinski definition) is 1. The van der Waals surface area contributed by atoms with Gasteiger partial charge in [0.05, 0.1) is 5.57 Å². The summed E-state index contributed by atoms with van der Waals surface area (Å²) in [4.78, 5) is 12.5. The van der Waals surface area contributed by atoms with Crippen LogP contribution in [0.4, 0.5) is 5.69 Å². The van der Waals surface area contributed by atoms with Crippen molar-refractivity contribution in [2.24, 2.45) is 0 Å². The third-order valence-corrected chi connectivity index (χ3v) is 5.22. The fraction of sp³-hybridized carbons (Fsp3) is 0.381. The predicted octanol–water partition coefficient (Wildman–Crippen LogP) is 4.78. The molecule has 2 aliphatic rings. The van der Waals surface area contributed by atoms with Crippen LogP contribution in [0.25, 0.3) is 11.6 Å². The van der Waals surface area contributed by atoms with Crippen LogP contribution >= 0.6 is 0 Å². The second-order valence-electron chi connectivity index (χ2n) is 6.65. The standard InChI is InChI=1S/C21H23NO2/c1-3-13-9-10-18-16(11-13)17(21(23)22-18)12-20-14(4-2)15-7-5-6-8-19(15)24-20/h9-12H,3-8H2,1-2H3,(H,22,23). The number of amides is 1. The maximum atomic E-state index is 12.5. The lowest BCUT2D eigenvalue weighted by Crippen LogP contribution is -2.03. The van der Waals surface area contributed by atoms with Gasteiger partial charge in [-0.25, -0.2) is 0 Å². The molecule has 2 heterocycles. The van der Waals surface area contributed by atoms with E-state index in [9.17, 15) is 4.79 Å². The molecule has 4 rings (SSSR count). The van der Waals surface area contributed by atoms with Gasteiger partial charge in [0.25, 0.3) is 5.91 Å². The lowest BCUT2D eigenvalue weighted by molar-refractivity contribution is -0.110. The number of hydrogen-bond acceptors (Lipinski definition) is 2. The van der Waals surface area contributed by atoms with Crippen molar-refractivity contribution >= 4 is 23.2 Å². The van der Waals surface area contributed by atoms with Crippen LogP contribution in [0, 0.1) is 0 Å². The topological polar surface area (TPSA) is 42.2 Å². The summed E-state index contributed by atoms with van der Waals surface area (Å²) in [6.07, 6.45) is 8.42. The molecule has 1 aromatic carbocycles. The average Bonchev–Trinajstić information content (AvgIpc) is 3.11. The highest BCUT2D eigenvalue weighted by Gasteiger charge is 2.27. The molecule has 0 atom stereocenters. The SMILES string of the molecule is CCc1ccc2c(c1)C(=Cc1oc3c(c1CC)CCCC3)C(=O)N2. The van der Waals surface area contributed by atoms with Gasteiger partial charge in [-0.3, -0.25) is 4.79 Å². The number of furan rings is 1. The number of fused-ring (bicyclic) bond motifs is 2. The third kappa shape index (κ3) is 2.39. The van der Waals surface area contributed by atoms with Crippen LogP contribution in [0.15, 0.2) is 22.6 Å². The van der Waals surface area contributed by atoms with Crippen molar-refractivity contribution in [2.75, 3.05) is 5.32 Å². The first kappa shape index (κ1) is 15.3. The van der Waals surface area contributed by atoms with Gasteiger partial charge in [0.1, 0.15) is 11.5 Å². The van der Waals surface area contributed by atoms with Crippen LogP contribution < -0.4 is 5.32 Å². The molecule has 124 valence electrons. The van der Waals surface area contributed by atoms with Gasteiger partial charge in [-0.05, 0) is 61.4 Å². The fourth-order valence-corrected chi connectivity index (χ4v) is 3.89. The number of aryl methyl sites for hydroxylation is 2. The molecule has 0 saturated heterocycles. The molecule has 3 heteroatoms. The Kier molecular flexibility index (Phi) is 3.79. The van der Waals surface area contributed by atoms with Gasteiger partial charge in [0.2, 0.25) is 0 Å². The molecule has 1 aromatic heterocycles. The zero-order valence-electron chi connectivity index (χ0n) is 14.4. The summed E-state index contributed by atoms with van der Waals surface area (Å²) in [6, 6.07) is 6.19. The van der Waals surface area contributed by atoms with E-state index in [1.165, 1.54) is 29.5 Å². The molecule has 0 saturated carbocycles. The Balaban J connectivity index is 1.82. The average molecular weight is 321 g/mol. The molecule has 1 aliphatic carbocycles.